The second kappa shape index (κ2) is 57.8. The zero-order chi connectivity index (χ0) is 57.0. The molecule has 0 rings (SSSR count). The number of nitrogens with zero attached hydrogens (tertiary/aromatic N) is 1. The van der Waals surface area contributed by atoms with E-state index in [4.69, 9.17) is 18.5 Å². The molecule has 444 valence electrons. The first-order chi connectivity index (χ1) is 38.0. The minimum absolute atomic E-state index is 0.0203. The fourth-order valence-electron chi connectivity index (χ4n) is 7.92. The highest BCUT2D eigenvalue weighted by Crippen LogP contribution is 2.43. The summed E-state index contributed by atoms with van der Waals surface area (Å²) in [5.74, 6) is -0.829. The van der Waals surface area contributed by atoms with Crippen LogP contribution in [0, 0.1) is 0 Å². The number of quaternary nitrogens is 1. The first-order valence-electron chi connectivity index (χ1n) is 30.9. The van der Waals surface area contributed by atoms with Gasteiger partial charge in [-0.1, -0.05) is 237 Å². The molecule has 0 aromatic heterocycles. The third kappa shape index (κ3) is 61.4. The predicted molar refractivity (Wildman–Crippen MR) is 334 cm³/mol. The highest BCUT2D eigenvalue weighted by Gasteiger charge is 2.27. The molecule has 0 aliphatic rings. The molecular weight excluding hydrogens is 990 g/mol. The Morgan fingerprint density at radius 2 is 0.731 bits per heavy atom. The number of unbranched alkanes of at least 4 members (excludes halogenated alkanes) is 19. The van der Waals surface area contributed by atoms with Gasteiger partial charge in [0.05, 0.1) is 27.7 Å². The van der Waals surface area contributed by atoms with Gasteiger partial charge in [0.15, 0.2) is 6.10 Å². The van der Waals surface area contributed by atoms with Crippen molar-refractivity contribution in [1.82, 2.24) is 0 Å². The number of esters is 2. The molecule has 0 spiro atoms. The average Bonchev–Trinajstić information content (AvgIpc) is 3.41. The average molecular weight is 1110 g/mol. The molecule has 0 amide bonds. The lowest BCUT2D eigenvalue weighted by atomic mass is 10.1. The van der Waals surface area contributed by atoms with Gasteiger partial charge < -0.3 is 18.9 Å². The fourth-order valence-corrected chi connectivity index (χ4v) is 8.66. The maximum Gasteiger partial charge on any atom is 0.472 e. The minimum atomic E-state index is -4.40. The molecule has 0 fully saturated rings. The van der Waals surface area contributed by atoms with Gasteiger partial charge in [-0.05, 0) is 116 Å². The summed E-state index contributed by atoms with van der Waals surface area (Å²) in [6, 6.07) is 0. The summed E-state index contributed by atoms with van der Waals surface area (Å²) in [6.45, 7) is 4.27. The second-order valence-corrected chi connectivity index (χ2v) is 22.8. The molecule has 0 heterocycles. The van der Waals surface area contributed by atoms with Crippen LogP contribution in [-0.4, -0.2) is 74.9 Å². The monoisotopic (exact) mass is 1100 g/mol. The number of ether oxygens (including phenoxy) is 2. The number of likely N-dealkylation sites (N-methyl/N-ethyl adjacent to an activating group) is 1. The van der Waals surface area contributed by atoms with Gasteiger partial charge in [0, 0.05) is 12.8 Å². The van der Waals surface area contributed by atoms with Crippen LogP contribution in [-0.2, 0) is 32.7 Å². The quantitative estimate of drug-likeness (QED) is 0.0211. The molecule has 0 bridgehead atoms. The Bertz CT molecular complexity index is 1780. The summed E-state index contributed by atoms with van der Waals surface area (Å²) in [6.07, 6.45) is 83.8. The van der Waals surface area contributed by atoms with E-state index in [1.807, 2.05) is 21.1 Å². The summed E-state index contributed by atoms with van der Waals surface area (Å²) < 4.78 is 34.6. The normalized spacial score (nSPS) is 14.2. The summed E-state index contributed by atoms with van der Waals surface area (Å²) in [5.41, 5.74) is 0. The van der Waals surface area contributed by atoms with Crippen molar-refractivity contribution in [3.05, 3.63) is 134 Å². The molecule has 0 aliphatic heterocycles. The number of allylic oxidation sites excluding steroid dienone is 22. The zero-order valence-corrected chi connectivity index (χ0v) is 51.2. The van der Waals surface area contributed by atoms with Crippen molar-refractivity contribution in [2.75, 3.05) is 47.5 Å². The second-order valence-electron chi connectivity index (χ2n) is 21.4. The largest absolute Gasteiger partial charge is 0.472 e. The Balaban J connectivity index is 4.22. The molecule has 0 saturated heterocycles. The Labute approximate surface area is 479 Å². The standard InChI is InChI=1S/C68H114NO8P/c1-6-8-10-12-14-16-18-20-22-24-26-28-29-30-31-32-33-34-35-36-37-38-39-41-43-45-47-49-51-53-55-57-59-61-68(71)77-66(65-76-78(72,73)75-63-62-69(3,4)5)64-74-67(70)60-58-56-54-52-50-48-46-44-42-40-27-25-23-21-19-17-15-13-11-9-7-2/h8,10,14,16,19-22,25-28,30-31,33-34,36-37,39,41-42,44,66H,6-7,9,11-13,15,17-18,23-24,29,32,35,38,40,43,45-65H2,1-5H3/p+1/b10-8-,16-14-,21-19-,22-20-,27-25-,28-26-,31-30-,34-33-,37-36-,41-39-,44-42-. The number of hydrogen-bond donors (Lipinski definition) is 1. The SMILES string of the molecule is CC/C=C\C/C=C\C/C=C\C/C=C\C/C=C\C/C=C\C/C=C\C/C=C\CCCCCCCCCCC(=O)OC(COC(=O)CCCCCCCC/C=C\C/C=C\C/C=C\CCCCCCC)COP(=O)(O)OCC[N+](C)(C)C. The third-order valence-electron chi connectivity index (χ3n) is 12.7. The molecule has 10 heteroatoms. The van der Waals surface area contributed by atoms with E-state index in [2.05, 4.69) is 148 Å². The molecule has 0 aromatic carbocycles. The van der Waals surface area contributed by atoms with Crippen molar-refractivity contribution < 1.29 is 42.1 Å². The van der Waals surface area contributed by atoms with Gasteiger partial charge in [-0.25, -0.2) is 4.57 Å². The van der Waals surface area contributed by atoms with Gasteiger partial charge in [-0.2, -0.15) is 0 Å². The predicted octanol–water partition coefficient (Wildman–Crippen LogP) is 19.7. The molecule has 1 N–H and O–H groups in total. The Morgan fingerprint density at radius 1 is 0.410 bits per heavy atom. The van der Waals surface area contributed by atoms with Gasteiger partial charge in [-0.3, -0.25) is 18.6 Å². The van der Waals surface area contributed by atoms with Crippen molar-refractivity contribution in [3.63, 3.8) is 0 Å². The van der Waals surface area contributed by atoms with Crippen molar-refractivity contribution >= 4 is 19.8 Å². The maximum atomic E-state index is 12.8. The van der Waals surface area contributed by atoms with Gasteiger partial charge in [-0.15, -0.1) is 0 Å². The molecule has 0 saturated carbocycles. The Morgan fingerprint density at radius 3 is 1.09 bits per heavy atom. The molecular formula is C68H115NO8P+. The van der Waals surface area contributed by atoms with Crippen molar-refractivity contribution in [1.29, 1.82) is 0 Å². The topological polar surface area (TPSA) is 108 Å². The van der Waals surface area contributed by atoms with Gasteiger partial charge in [0.1, 0.15) is 19.8 Å². The highest BCUT2D eigenvalue weighted by molar-refractivity contribution is 7.47. The molecule has 2 unspecified atom stereocenters. The van der Waals surface area contributed by atoms with Crippen LogP contribution >= 0.6 is 7.82 Å². The maximum absolute atomic E-state index is 12.8. The minimum Gasteiger partial charge on any atom is -0.462 e. The fraction of sp³-hybridized carbons (Fsp3) is 0.647. The molecule has 0 aromatic rings. The lowest BCUT2D eigenvalue weighted by molar-refractivity contribution is -0.870. The third-order valence-corrected chi connectivity index (χ3v) is 13.6. The number of carbonyl (C=O) groups is 2. The van der Waals surface area contributed by atoms with Crippen molar-refractivity contribution in [3.8, 4) is 0 Å². The molecule has 9 nitrogen and oxygen atoms in total. The van der Waals surface area contributed by atoms with E-state index in [9.17, 15) is 19.0 Å². The zero-order valence-electron chi connectivity index (χ0n) is 50.3. The van der Waals surface area contributed by atoms with Crippen LogP contribution in [0.1, 0.15) is 232 Å². The number of hydrogen-bond acceptors (Lipinski definition) is 7. The summed E-state index contributed by atoms with van der Waals surface area (Å²) in [5, 5.41) is 0. The van der Waals surface area contributed by atoms with E-state index in [-0.39, 0.29) is 32.0 Å². The van der Waals surface area contributed by atoms with E-state index in [1.165, 1.54) is 77.0 Å². The molecule has 0 aliphatic carbocycles. The lowest BCUT2D eigenvalue weighted by Gasteiger charge is -2.24. The van der Waals surface area contributed by atoms with Crippen LogP contribution in [0.3, 0.4) is 0 Å². The van der Waals surface area contributed by atoms with E-state index in [0.717, 1.165) is 122 Å². The summed E-state index contributed by atoms with van der Waals surface area (Å²) in [7, 11) is 1.45. The van der Waals surface area contributed by atoms with E-state index >= 15 is 0 Å². The molecule has 2 atom stereocenters. The summed E-state index contributed by atoms with van der Waals surface area (Å²) >= 11 is 0. The van der Waals surface area contributed by atoms with Crippen LogP contribution in [0.2, 0.25) is 0 Å². The van der Waals surface area contributed by atoms with E-state index in [0.29, 0.717) is 17.4 Å². The van der Waals surface area contributed by atoms with Gasteiger partial charge in [0.25, 0.3) is 0 Å². The summed E-state index contributed by atoms with van der Waals surface area (Å²) in [4.78, 5) is 35.7. The number of phosphoric acid groups is 1. The smallest absolute Gasteiger partial charge is 0.462 e. The van der Waals surface area contributed by atoms with Crippen LogP contribution < -0.4 is 0 Å². The van der Waals surface area contributed by atoms with Crippen molar-refractivity contribution in [2.45, 2.75) is 238 Å². The van der Waals surface area contributed by atoms with Crippen LogP contribution in [0.15, 0.2) is 134 Å². The molecule has 0 radical (unpaired) electrons. The number of phosphoric ester groups is 1. The highest BCUT2D eigenvalue weighted by atomic mass is 31.2. The van der Waals surface area contributed by atoms with E-state index < -0.39 is 26.5 Å². The van der Waals surface area contributed by atoms with Crippen molar-refractivity contribution in [2.24, 2.45) is 0 Å². The first-order valence-corrected chi connectivity index (χ1v) is 32.4. The van der Waals surface area contributed by atoms with Gasteiger partial charge in [0.2, 0.25) is 0 Å². The molecule has 78 heavy (non-hydrogen) atoms. The lowest BCUT2D eigenvalue weighted by Crippen LogP contribution is -2.37. The Hall–Kier alpha value is -3.85. The number of carbonyl (C=O) groups excluding carboxylic acids is 2. The van der Waals surface area contributed by atoms with Crippen LogP contribution in [0.25, 0.3) is 0 Å². The Kier molecular flexibility index (Phi) is 55.0. The van der Waals surface area contributed by atoms with Crippen LogP contribution in [0.5, 0.6) is 0 Å². The van der Waals surface area contributed by atoms with Crippen LogP contribution in [0.4, 0.5) is 0 Å². The first kappa shape index (κ1) is 74.2. The van der Waals surface area contributed by atoms with Gasteiger partial charge >= 0.3 is 19.8 Å². The van der Waals surface area contributed by atoms with E-state index in [1.54, 1.807) is 0 Å². The number of rotatable bonds is 55.